The van der Waals surface area contributed by atoms with Crippen molar-refractivity contribution in [3.8, 4) is 0 Å². The molecule has 0 radical (unpaired) electrons. The fraction of sp³-hybridized carbons (Fsp3) is 0.150. The van der Waals surface area contributed by atoms with E-state index >= 15 is 0 Å². The van der Waals surface area contributed by atoms with E-state index in [1.165, 1.54) is 6.21 Å². The summed E-state index contributed by atoms with van der Waals surface area (Å²) < 4.78 is 5.18. The number of nitrogens with zero attached hydrogens (tertiary/aromatic N) is 2. The van der Waals surface area contributed by atoms with Crippen molar-refractivity contribution in [1.82, 2.24) is 10.4 Å². The molecule has 0 saturated heterocycles. The molecule has 0 atom stereocenters. The number of nitrogens with one attached hydrogen (secondary N) is 1. The van der Waals surface area contributed by atoms with Gasteiger partial charge in [0.15, 0.2) is 0 Å². The molecule has 0 spiro atoms. The van der Waals surface area contributed by atoms with Gasteiger partial charge < -0.3 is 4.42 Å². The average molecular weight is 331 g/mol. The third kappa shape index (κ3) is 3.50. The van der Waals surface area contributed by atoms with Gasteiger partial charge in [-0.05, 0) is 49.3 Å². The van der Waals surface area contributed by atoms with Gasteiger partial charge in [0.2, 0.25) is 0 Å². The first-order valence-electron chi connectivity index (χ1n) is 8.24. The Bertz CT molecular complexity index is 954. The zero-order chi connectivity index (χ0) is 17.1. The number of furan rings is 1. The Balaban J connectivity index is 1.53. The summed E-state index contributed by atoms with van der Waals surface area (Å²) in [5.74, 6) is 0.978. The number of hydrazone groups is 1. The van der Waals surface area contributed by atoms with Crippen LogP contribution in [0.3, 0.4) is 0 Å². The first-order chi connectivity index (χ1) is 12.3. The summed E-state index contributed by atoms with van der Waals surface area (Å²) in [6.45, 7) is 0. The van der Waals surface area contributed by atoms with Gasteiger partial charge in [0.05, 0.1) is 17.3 Å². The van der Waals surface area contributed by atoms with Gasteiger partial charge in [-0.25, -0.2) is 5.43 Å². The maximum Gasteiger partial charge on any atom is 0.272 e. The zero-order valence-corrected chi connectivity index (χ0v) is 13.6. The number of fused-ring (bicyclic) bond motifs is 1. The fourth-order valence-electron chi connectivity index (χ4n) is 2.70. The SMILES string of the molecule is O=C(N/N=C/C=C/c1ccco1)c1cc(C2CC2)nc2ccccc12. The Morgan fingerprint density at radius 1 is 1.24 bits per heavy atom. The molecule has 5 heteroatoms. The first kappa shape index (κ1) is 15.3. The minimum atomic E-state index is -0.233. The highest BCUT2D eigenvalue weighted by molar-refractivity contribution is 6.06. The zero-order valence-electron chi connectivity index (χ0n) is 13.6. The molecular formula is C20H17N3O2. The molecule has 124 valence electrons. The predicted molar refractivity (Wildman–Crippen MR) is 97.4 cm³/mol. The van der Waals surface area contributed by atoms with Gasteiger partial charge in [-0.1, -0.05) is 18.2 Å². The van der Waals surface area contributed by atoms with Crippen molar-refractivity contribution in [3.63, 3.8) is 0 Å². The second kappa shape index (κ2) is 6.73. The van der Waals surface area contributed by atoms with Gasteiger partial charge in [0, 0.05) is 23.2 Å². The van der Waals surface area contributed by atoms with Crippen LogP contribution in [0.25, 0.3) is 17.0 Å². The smallest absolute Gasteiger partial charge is 0.272 e. The highest BCUT2D eigenvalue weighted by atomic mass is 16.3. The summed E-state index contributed by atoms with van der Waals surface area (Å²) in [5, 5.41) is 4.81. The lowest BCUT2D eigenvalue weighted by Gasteiger charge is -2.07. The number of hydrogen-bond donors (Lipinski definition) is 1. The molecule has 2 heterocycles. The van der Waals surface area contributed by atoms with E-state index in [1.807, 2.05) is 42.5 Å². The number of rotatable bonds is 5. The normalized spacial score (nSPS) is 14.6. The van der Waals surface area contributed by atoms with E-state index in [2.05, 4.69) is 15.5 Å². The first-order valence-corrected chi connectivity index (χ1v) is 8.24. The second-order valence-corrected chi connectivity index (χ2v) is 5.98. The Morgan fingerprint density at radius 2 is 2.12 bits per heavy atom. The molecule has 1 amide bonds. The minimum absolute atomic E-state index is 0.233. The number of hydrogen-bond acceptors (Lipinski definition) is 4. The van der Waals surface area contributed by atoms with Crippen LogP contribution in [0.15, 0.2) is 64.3 Å². The van der Waals surface area contributed by atoms with E-state index in [4.69, 9.17) is 4.42 Å². The molecule has 1 saturated carbocycles. The molecule has 2 aromatic heterocycles. The number of amides is 1. The molecular weight excluding hydrogens is 314 g/mol. The van der Waals surface area contributed by atoms with Crippen molar-refractivity contribution in [3.05, 3.63) is 71.8 Å². The molecule has 5 nitrogen and oxygen atoms in total. The predicted octanol–water partition coefficient (Wildman–Crippen LogP) is 4.13. The van der Waals surface area contributed by atoms with E-state index in [1.54, 1.807) is 18.4 Å². The molecule has 1 aromatic carbocycles. The Hall–Kier alpha value is -3.21. The van der Waals surface area contributed by atoms with E-state index in [9.17, 15) is 4.79 Å². The monoisotopic (exact) mass is 331 g/mol. The summed E-state index contributed by atoms with van der Waals surface area (Å²) in [5.41, 5.74) is 5.03. The van der Waals surface area contributed by atoms with Crippen molar-refractivity contribution in [2.75, 3.05) is 0 Å². The maximum absolute atomic E-state index is 12.6. The molecule has 1 aliphatic rings. The fourth-order valence-corrected chi connectivity index (χ4v) is 2.70. The second-order valence-electron chi connectivity index (χ2n) is 5.98. The summed E-state index contributed by atoms with van der Waals surface area (Å²) in [7, 11) is 0. The van der Waals surface area contributed by atoms with Crippen LogP contribution in [0.1, 0.15) is 40.6 Å². The number of allylic oxidation sites excluding steroid dienone is 1. The molecule has 0 bridgehead atoms. The number of pyridine rings is 1. The standard InChI is InChI=1S/C20H17N3O2/c24-20(23-21-11-3-5-15-6-4-12-25-15)17-13-19(14-9-10-14)22-18-8-2-1-7-16(17)18/h1-8,11-14H,9-10H2,(H,23,24)/b5-3+,21-11+. The van der Waals surface area contributed by atoms with Gasteiger partial charge in [-0.3, -0.25) is 9.78 Å². The lowest BCUT2D eigenvalue weighted by molar-refractivity contribution is 0.0956. The number of aromatic nitrogens is 1. The summed E-state index contributed by atoms with van der Waals surface area (Å²) in [6.07, 6.45) is 8.88. The Labute approximate surface area is 145 Å². The topological polar surface area (TPSA) is 67.5 Å². The third-order valence-electron chi connectivity index (χ3n) is 4.11. The number of carbonyl (C=O) groups is 1. The van der Waals surface area contributed by atoms with Crippen LogP contribution in [-0.2, 0) is 0 Å². The van der Waals surface area contributed by atoms with Gasteiger partial charge in [-0.2, -0.15) is 5.10 Å². The van der Waals surface area contributed by atoms with Gasteiger partial charge in [0.1, 0.15) is 5.76 Å². The van der Waals surface area contributed by atoms with Crippen molar-refractivity contribution in [2.45, 2.75) is 18.8 Å². The summed E-state index contributed by atoms with van der Waals surface area (Å²) in [6, 6.07) is 13.2. The van der Waals surface area contributed by atoms with E-state index in [0.29, 0.717) is 11.5 Å². The van der Waals surface area contributed by atoms with Crippen LogP contribution in [0.5, 0.6) is 0 Å². The Kier molecular flexibility index (Phi) is 4.12. The van der Waals surface area contributed by atoms with Gasteiger partial charge in [-0.15, -0.1) is 0 Å². The Morgan fingerprint density at radius 3 is 2.92 bits per heavy atom. The van der Waals surface area contributed by atoms with Crippen molar-refractivity contribution in [2.24, 2.45) is 5.10 Å². The summed E-state index contributed by atoms with van der Waals surface area (Å²) >= 11 is 0. The van der Waals surface area contributed by atoms with Gasteiger partial charge >= 0.3 is 0 Å². The van der Waals surface area contributed by atoms with Crippen LogP contribution in [0.2, 0.25) is 0 Å². The van der Waals surface area contributed by atoms with Crippen molar-refractivity contribution >= 4 is 29.1 Å². The molecule has 1 fully saturated rings. The van der Waals surface area contributed by atoms with E-state index < -0.39 is 0 Å². The van der Waals surface area contributed by atoms with E-state index in [-0.39, 0.29) is 5.91 Å². The minimum Gasteiger partial charge on any atom is -0.465 e. The van der Waals surface area contributed by atoms with E-state index in [0.717, 1.165) is 35.2 Å². The highest BCUT2D eigenvalue weighted by Gasteiger charge is 2.26. The molecule has 4 rings (SSSR count). The molecule has 0 aliphatic heterocycles. The highest BCUT2D eigenvalue weighted by Crippen LogP contribution is 2.40. The van der Waals surface area contributed by atoms with Crippen molar-refractivity contribution in [1.29, 1.82) is 0 Å². The van der Waals surface area contributed by atoms with Crippen LogP contribution in [0.4, 0.5) is 0 Å². The van der Waals surface area contributed by atoms with Crippen molar-refractivity contribution < 1.29 is 9.21 Å². The number of benzene rings is 1. The van der Waals surface area contributed by atoms with Crippen LogP contribution in [-0.4, -0.2) is 17.1 Å². The van der Waals surface area contributed by atoms with Crippen LogP contribution < -0.4 is 5.43 Å². The lowest BCUT2D eigenvalue weighted by atomic mass is 10.1. The number of carbonyl (C=O) groups excluding carboxylic acids is 1. The van der Waals surface area contributed by atoms with Gasteiger partial charge in [0.25, 0.3) is 5.91 Å². The molecule has 25 heavy (non-hydrogen) atoms. The van der Waals surface area contributed by atoms with Crippen LogP contribution in [0, 0.1) is 0 Å². The molecule has 1 N–H and O–H groups in total. The quantitative estimate of drug-likeness (QED) is 0.564. The molecule has 1 aliphatic carbocycles. The molecule has 0 unspecified atom stereocenters. The lowest BCUT2D eigenvalue weighted by Crippen LogP contribution is -2.18. The average Bonchev–Trinajstić information content (AvgIpc) is 3.37. The van der Waals surface area contributed by atoms with Crippen LogP contribution >= 0.6 is 0 Å². The summed E-state index contributed by atoms with van der Waals surface area (Å²) in [4.78, 5) is 17.2. The maximum atomic E-state index is 12.6. The third-order valence-corrected chi connectivity index (χ3v) is 4.11. The molecule has 3 aromatic rings. The number of para-hydroxylation sites is 1. The largest absolute Gasteiger partial charge is 0.465 e.